The minimum Gasteiger partial charge on any atom is -0.494 e. The van der Waals surface area contributed by atoms with Crippen molar-refractivity contribution >= 4 is 62.3 Å². The molecular formula is C21H24Cl2N4O4S. The van der Waals surface area contributed by atoms with Gasteiger partial charge in [-0.25, -0.2) is 4.98 Å². The molecule has 0 atom stereocenters. The Hall–Kier alpha value is -2.46. The first-order valence-corrected chi connectivity index (χ1v) is 10.8. The first-order chi connectivity index (χ1) is 14.8. The minimum atomic E-state index is -0.461. The smallest absolute Gasteiger partial charge is 0.269 e. The van der Waals surface area contributed by atoms with Gasteiger partial charge in [0.1, 0.15) is 11.3 Å². The molecule has 2 aromatic carbocycles. The van der Waals surface area contributed by atoms with Crippen LogP contribution in [0.3, 0.4) is 0 Å². The molecule has 0 bridgehead atoms. The van der Waals surface area contributed by atoms with Crippen LogP contribution in [0.25, 0.3) is 10.2 Å². The molecule has 11 heteroatoms. The number of aromatic nitrogens is 1. The zero-order valence-corrected chi connectivity index (χ0v) is 20.3. The van der Waals surface area contributed by atoms with E-state index in [-0.39, 0.29) is 30.4 Å². The first kappa shape index (κ1) is 25.8. The summed E-state index contributed by atoms with van der Waals surface area (Å²) in [7, 11) is 5.52. The fourth-order valence-corrected chi connectivity index (χ4v) is 4.40. The van der Waals surface area contributed by atoms with E-state index in [9.17, 15) is 14.9 Å². The summed E-state index contributed by atoms with van der Waals surface area (Å²) in [6.07, 6.45) is 0.876. The topological polar surface area (TPSA) is 88.8 Å². The standard InChI is InChI=1S/C21H23ClN4O4S.ClH/c1-24(2)11-4-12-25(18(27)13-14-5-7-15(8-6-14)26(28)29)21-23-19-17(30-3)10-9-16(22)20(19)31-21;/h5-10H,4,11-13H2,1-3H3;1H. The van der Waals surface area contributed by atoms with Gasteiger partial charge in [0.05, 0.1) is 28.2 Å². The second-order valence-electron chi connectivity index (χ2n) is 7.23. The van der Waals surface area contributed by atoms with Crippen molar-refractivity contribution < 1.29 is 14.5 Å². The molecule has 0 N–H and O–H groups in total. The summed E-state index contributed by atoms with van der Waals surface area (Å²) >= 11 is 7.69. The average molecular weight is 499 g/mol. The lowest BCUT2D eigenvalue weighted by Gasteiger charge is -2.21. The van der Waals surface area contributed by atoms with Gasteiger partial charge in [-0.1, -0.05) is 35.1 Å². The number of halogens is 2. The van der Waals surface area contributed by atoms with E-state index >= 15 is 0 Å². The number of nitrogens with zero attached hydrogens (tertiary/aromatic N) is 4. The summed E-state index contributed by atoms with van der Waals surface area (Å²) in [4.78, 5) is 32.0. The molecule has 0 aliphatic heterocycles. The summed E-state index contributed by atoms with van der Waals surface area (Å²) < 4.78 is 6.16. The van der Waals surface area contributed by atoms with Gasteiger partial charge in [-0.15, -0.1) is 12.4 Å². The Morgan fingerprint density at radius 3 is 2.47 bits per heavy atom. The SMILES string of the molecule is COc1ccc(Cl)c2sc(N(CCCN(C)C)C(=O)Cc3ccc([N+](=O)[O-])cc3)nc12.Cl. The summed E-state index contributed by atoms with van der Waals surface area (Å²) in [5, 5.41) is 12.0. The summed E-state index contributed by atoms with van der Waals surface area (Å²) in [5.41, 5.74) is 1.31. The molecule has 0 aliphatic carbocycles. The molecule has 1 aromatic heterocycles. The first-order valence-electron chi connectivity index (χ1n) is 9.61. The maximum atomic E-state index is 13.2. The predicted molar refractivity (Wildman–Crippen MR) is 131 cm³/mol. The summed E-state index contributed by atoms with van der Waals surface area (Å²) in [5.74, 6) is 0.458. The molecule has 32 heavy (non-hydrogen) atoms. The van der Waals surface area contributed by atoms with E-state index in [0.29, 0.717) is 33.5 Å². The Kier molecular flexibility index (Phi) is 9.21. The Balaban J connectivity index is 0.00000363. The molecule has 0 spiro atoms. The van der Waals surface area contributed by atoms with Crippen molar-refractivity contribution in [3.05, 3.63) is 57.1 Å². The molecule has 3 aromatic rings. The van der Waals surface area contributed by atoms with E-state index in [1.165, 1.54) is 23.5 Å². The number of hydrogen-bond acceptors (Lipinski definition) is 7. The molecule has 0 fully saturated rings. The molecular weight excluding hydrogens is 475 g/mol. The van der Waals surface area contributed by atoms with Crippen LogP contribution in [0.1, 0.15) is 12.0 Å². The van der Waals surface area contributed by atoms with Crippen molar-refractivity contribution in [2.45, 2.75) is 12.8 Å². The Morgan fingerprint density at radius 1 is 1.19 bits per heavy atom. The number of rotatable bonds is 9. The maximum Gasteiger partial charge on any atom is 0.269 e. The highest BCUT2D eigenvalue weighted by molar-refractivity contribution is 7.23. The third-order valence-corrected chi connectivity index (χ3v) is 6.23. The number of carbonyl (C=O) groups excluding carboxylic acids is 1. The minimum absolute atomic E-state index is 0. The molecule has 0 saturated carbocycles. The number of nitro benzene ring substituents is 1. The molecule has 3 rings (SSSR count). The maximum absolute atomic E-state index is 13.2. The van der Waals surface area contributed by atoms with Gasteiger partial charge < -0.3 is 9.64 Å². The molecule has 0 saturated heterocycles. The zero-order chi connectivity index (χ0) is 22.5. The average Bonchev–Trinajstić information content (AvgIpc) is 3.17. The van der Waals surface area contributed by atoms with Gasteiger partial charge in [-0.05, 0) is 44.8 Å². The summed E-state index contributed by atoms with van der Waals surface area (Å²) in [6.45, 7) is 1.31. The Morgan fingerprint density at radius 2 is 1.88 bits per heavy atom. The van der Waals surface area contributed by atoms with Crippen LogP contribution in [0.2, 0.25) is 5.02 Å². The summed E-state index contributed by atoms with van der Waals surface area (Å²) in [6, 6.07) is 9.52. The van der Waals surface area contributed by atoms with Crippen LogP contribution in [0.5, 0.6) is 5.75 Å². The fourth-order valence-electron chi connectivity index (χ4n) is 3.10. The molecule has 0 unspecified atom stereocenters. The van der Waals surface area contributed by atoms with Crippen LogP contribution < -0.4 is 9.64 Å². The van der Waals surface area contributed by atoms with E-state index in [0.717, 1.165) is 17.7 Å². The number of carbonyl (C=O) groups is 1. The van der Waals surface area contributed by atoms with Crippen LogP contribution in [0.15, 0.2) is 36.4 Å². The van der Waals surface area contributed by atoms with Gasteiger partial charge in [-0.2, -0.15) is 0 Å². The highest BCUT2D eigenvalue weighted by Gasteiger charge is 2.22. The van der Waals surface area contributed by atoms with Gasteiger partial charge >= 0.3 is 0 Å². The molecule has 8 nitrogen and oxygen atoms in total. The Bertz CT molecular complexity index is 1090. The van der Waals surface area contributed by atoms with Crippen LogP contribution >= 0.6 is 35.3 Å². The van der Waals surface area contributed by atoms with E-state index < -0.39 is 4.92 Å². The lowest BCUT2D eigenvalue weighted by atomic mass is 10.1. The van der Waals surface area contributed by atoms with Gasteiger partial charge in [0.25, 0.3) is 5.69 Å². The van der Waals surface area contributed by atoms with Crippen LogP contribution in [0, 0.1) is 10.1 Å². The number of thiazole rings is 1. The zero-order valence-electron chi connectivity index (χ0n) is 17.9. The highest BCUT2D eigenvalue weighted by atomic mass is 35.5. The number of non-ortho nitro benzene ring substituents is 1. The van der Waals surface area contributed by atoms with Crippen molar-refractivity contribution in [1.29, 1.82) is 0 Å². The van der Waals surface area contributed by atoms with Gasteiger partial charge in [-0.3, -0.25) is 19.8 Å². The number of methoxy groups -OCH3 is 1. The normalized spacial score (nSPS) is 10.8. The number of ether oxygens (including phenoxy) is 1. The van der Waals surface area contributed by atoms with Gasteiger partial charge in [0, 0.05) is 18.7 Å². The second-order valence-corrected chi connectivity index (χ2v) is 8.61. The predicted octanol–water partition coefficient (Wildman–Crippen LogP) is 4.82. The van der Waals surface area contributed by atoms with Crippen LogP contribution in [-0.4, -0.2) is 55.0 Å². The van der Waals surface area contributed by atoms with Gasteiger partial charge in [0.2, 0.25) is 5.91 Å². The van der Waals surface area contributed by atoms with Crippen molar-refractivity contribution in [1.82, 2.24) is 9.88 Å². The van der Waals surface area contributed by atoms with E-state index in [1.807, 2.05) is 14.1 Å². The number of fused-ring (bicyclic) bond motifs is 1. The van der Waals surface area contributed by atoms with E-state index in [1.54, 1.807) is 36.3 Å². The third-order valence-electron chi connectivity index (χ3n) is 4.69. The lowest BCUT2D eigenvalue weighted by molar-refractivity contribution is -0.384. The van der Waals surface area contributed by atoms with Crippen molar-refractivity contribution in [3.63, 3.8) is 0 Å². The molecule has 1 amide bonds. The second kappa shape index (κ2) is 11.4. The van der Waals surface area contributed by atoms with Gasteiger partial charge in [0.15, 0.2) is 5.13 Å². The van der Waals surface area contributed by atoms with Crippen molar-refractivity contribution in [3.8, 4) is 5.75 Å². The lowest BCUT2D eigenvalue weighted by Crippen LogP contribution is -2.34. The Labute approximate surface area is 201 Å². The van der Waals surface area contributed by atoms with Crippen molar-refractivity contribution in [2.75, 3.05) is 39.2 Å². The molecule has 1 heterocycles. The molecule has 172 valence electrons. The van der Waals surface area contributed by atoms with E-state index in [2.05, 4.69) is 9.88 Å². The van der Waals surface area contributed by atoms with Crippen LogP contribution in [-0.2, 0) is 11.2 Å². The number of benzene rings is 2. The number of nitro groups is 1. The number of hydrogen-bond donors (Lipinski definition) is 0. The van der Waals surface area contributed by atoms with Crippen LogP contribution in [0.4, 0.5) is 10.8 Å². The quantitative estimate of drug-likeness (QED) is 0.310. The molecule has 0 aliphatic rings. The third kappa shape index (κ3) is 6.07. The number of amides is 1. The monoisotopic (exact) mass is 498 g/mol. The highest BCUT2D eigenvalue weighted by Crippen LogP contribution is 2.38. The number of anilines is 1. The molecule has 0 radical (unpaired) electrons. The largest absolute Gasteiger partial charge is 0.494 e. The van der Waals surface area contributed by atoms with E-state index in [4.69, 9.17) is 16.3 Å². The fraction of sp³-hybridized carbons (Fsp3) is 0.333. The van der Waals surface area contributed by atoms with Crippen molar-refractivity contribution in [2.24, 2.45) is 0 Å².